The summed E-state index contributed by atoms with van der Waals surface area (Å²) < 4.78 is 7.48. The lowest BCUT2D eigenvalue weighted by atomic mass is 10.1. The van der Waals surface area contributed by atoms with Crippen LogP contribution in [0.25, 0.3) is 10.8 Å². The van der Waals surface area contributed by atoms with Crippen LogP contribution in [0.2, 0.25) is 5.15 Å². The van der Waals surface area contributed by atoms with Gasteiger partial charge >= 0.3 is 0 Å². The number of nitrogens with one attached hydrogen (secondary N) is 1. The highest BCUT2D eigenvalue weighted by Gasteiger charge is 2.06. The maximum Gasteiger partial charge on any atom is 0.157 e. The molecule has 0 radical (unpaired) electrons. The van der Waals surface area contributed by atoms with E-state index in [0.29, 0.717) is 11.8 Å². The van der Waals surface area contributed by atoms with Crippen molar-refractivity contribution in [2.75, 3.05) is 5.32 Å². The fourth-order valence-electron chi connectivity index (χ4n) is 2.64. The van der Waals surface area contributed by atoms with Crippen LogP contribution in [0.3, 0.4) is 0 Å². The summed E-state index contributed by atoms with van der Waals surface area (Å²) in [4.78, 5) is 8.51. The lowest BCUT2D eigenvalue weighted by Crippen LogP contribution is -1.97. The predicted octanol–water partition coefficient (Wildman–Crippen LogP) is 4.34. The largest absolute Gasteiger partial charge is 0.486 e. The fraction of sp³-hybridized carbons (Fsp3) is 0.105. The molecule has 0 aliphatic heterocycles. The van der Waals surface area contributed by atoms with Crippen molar-refractivity contribution in [3.8, 4) is 5.75 Å². The third-order valence-electron chi connectivity index (χ3n) is 3.91. The van der Waals surface area contributed by atoms with Gasteiger partial charge in [-0.1, -0.05) is 23.7 Å². The zero-order chi connectivity index (χ0) is 17.9. The molecule has 0 spiro atoms. The number of halogens is 1. The van der Waals surface area contributed by atoms with Gasteiger partial charge in [0.15, 0.2) is 5.75 Å². The van der Waals surface area contributed by atoms with Gasteiger partial charge in [-0.2, -0.15) is 5.10 Å². The molecule has 0 amide bonds. The van der Waals surface area contributed by atoms with Gasteiger partial charge in [0.05, 0.1) is 24.3 Å². The van der Waals surface area contributed by atoms with Gasteiger partial charge in [-0.25, -0.2) is 9.97 Å². The van der Waals surface area contributed by atoms with E-state index in [0.717, 1.165) is 33.6 Å². The average molecular weight is 366 g/mol. The summed E-state index contributed by atoms with van der Waals surface area (Å²) in [6, 6.07) is 11.8. The summed E-state index contributed by atoms with van der Waals surface area (Å²) >= 11 is 5.83. The third-order valence-corrected chi connectivity index (χ3v) is 4.13. The van der Waals surface area contributed by atoms with Gasteiger partial charge in [0, 0.05) is 18.6 Å². The number of hydrogen-bond acceptors (Lipinski definition) is 5. The van der Waals surface area contributed by atoms with E-state index in [4.69, 9.17) is 16.3 Å². The summed E-state index contributed by atoms with van der Waals surface area (Å²) in [5, 5.41) is 9.94. The Hall–Kier alpha value is -3.12. The summed E-state index contributed by atoms with van der Waals surface area (Å²) in [6.45, 7) is 0.480. The molecular formula is C19H16ClN5O. The number of aryl methyl sites for hydroxylation is 1. The van der Waals surface area contributed by atoms with E-state index in [1.807, 2.05) is 37.5 Å². The lowest BCUT2D eigenvalue weighted by molar-refractivity contribution is 0.306. The molecule has 0 fully saturated rings. The van der Waals surface area contributed by atoms with Crippen molar-refractivity contribution in [2.45, 2.75) is 6.61 Å². The topological polar surface area (TPSA) is 64.9 Å². The van der Waals surface area contributed by atoms with E-state index in [1.54, 1.807) is 29.3 Å². The minimum Gasteiger partial charge on any atom is -0.486 e. The van der Waals surface area contributed by atoms with Gasteiger partial charge in [0.2, 0.25) is 0 Å². The molecule has 4 rings (SSSR count). The first-order valence-corrected chi connectivity index (χ1v) is 8.43. The predicted molar refractivity (Wildman–Crippen MR) is 102 cm³/mol. The smallest absolute Gasteiger partial charge is 0.157 e. The summed E-state index contributed by atoms with van der Waals surface area (Å²) in [5.41, 5.74) is 1.91. The SMILES string of the molecule is Cn1cc(OCc2ccc3c(Nc4ccc(Cl)nc4)nccc3c2)cn1. The Morgan fingerprint density at radius 1 is 1.12 bits per heavy atom. The highest BCUT2D eigenvalue weighted by molar-refractivity contribution is 6.29. The van der Waals surface area contributed by atoms with E-state index in [-0.39, 0.29) is 0 Å². The number of aromatic nitrogens is 4. The zero-order valence-electron chi connectivity index (χ0n) is 14.1. The monoisotopic (exact) mass is 365 g/mol. The van der Waals surface area contributed by atoms with Crippen LogP contribution in [0.4, 0.5) is 11.5 Å². The lowest BCUT2D eigenvalue weighted by Gasteiger charge is -2.10. The second kappa shape index (κ2) is 7.01. The Kier molecular flexibility index (Phi) is 4.41. The van der Waals surface area contributed by atoms with Crippen LogP contribution in [0.15, 0.2) is 61.2 Å². The van der Waals surface area contributed by atoms with Crippen molar-refractivity contribution >= 4 is 33.9 Å². The molecule has 0 saturated heterocycles. The van der Waals surface area contributed by atoms with Gasteiger partial charge < -0.3 is 10.1 Å². The van der Waals surface area contributed by atoms with E-state index in [1.165, 1.54) is 0 Å². The molecule has 3 heterocycles. The number of nitrogens with zero attached hydrogens (tertiary/aromatic N) is 4. The van der Waals surface area contributed by atoms with Crippen LogP contribution in [-0.2, 0) is 13.7 Å². The Morgan fingerprint density at radius 3 is 2.81 bits per heavy atom. The first-order valence-electron chi connectivity index (χ1n) is 8.05. The highest BCUT2D eigenvalue weighted by atomic mass is 35.5. The molecular weight excluding hydrogens is 350 g/mol. The highest BCUT2D eigenvalue weighted by Crippen LogP contribution is 2.25. The molecule has 0 unspecified atom stereocenters. The Morgan fingerprint density at radius 2 is 2.04 bits per heavy atom. The number of fused-ring (bicyclic) bond motifs is 1. The van der Waals surface area contributed by atoms with Crippen LogP contribution in [0.1, 0.15) is 5.56 Å². The number of pyridine rings is 2. The van der Waals surface area contributed by atoms with Gasteiger partial charge in [-0.05, 0) is 35.2 Å². The molecule has 0 aliphatic carbocycles. The van der Waals surface area contributed by atoms with Crippen LogP contribution < -0.4 is 10.1 Å². The van der Waals surface area contributed by atoms with Crippen molar-refractivity contribution in [1.29, 1.82) is 0 Å². The Balaban J connectivity index is 1.56. The normalized spacial score (nSPS) is 10.8. The molecule has 6 nitrogen and oxygen atoms in total. The van der Waals surface area contributed by atoms with Gasteiger partial charge in [0.1, 0.15) is 17.6 Å². The maximum absolute atomic E-state index is 5.83. The average Bonchev–Trinajstić information content (AvgIpc) is 3.07. The van der Waals surface area contributed by atoms with Crippen LogP contribution in [0, 0.1) is 0 Å². The molecule has 7 heteroatoms. The first-order chi connectivity index (χ1) is 12.7. The number of ether oxygens (including phenoxy) is 1. The van der Waals surface area contributed by atoms with Crippen molar-refractivity contribution < 1.29 is 4.74 Å². The molecule has 3 aromatic heterocycles. The first kappa shape index (κ1) is 16.4. The van der Waals surface area contributed by atoms with Crippen LogP contribution in [0.5, 0.6) is 5.75 Å². The number of anilines is 2. The minimum absolute atomic E-state index is 0.458. The van der Waals surface area contributed by atoms with Gasteiger partial charge in [-0.15, -0.1) is 0 Å². The second-order valence-corrected chi connectivity index (χ2v) is 6.24. The molecule has 26 heavy (non-hydrogen) atoms. The molecule has 0 aliphatic rings. The van der Waals surface area contributed by atoms with Crippen molar-refractivity contribution in [2.24, 2.45) is 7.05 Å². The number of rotatable bonds is 5. The maximum atomic E-state index is 5.83. The molecule has 4 aromatic rings. The van der Waals surface area contributed by atoms with Gasteiger partial charge in [0.25, 0.3) is 0 Å². The molecule has 0 saturated carbocycles. The van der Waals surface area contributed by atoms with E-state index < -0.39 is 0 Å². The second-order valence-electron chi connectivity index (χ2n) is 5.85. The molecule has 0 bridgehead atoms. The zero-order valence-corrected chi connectivity index (χ0v) is 14.8. The van der Waals surface area contributed by atoms with E-state index >= 15 is 0 Å². The summed E-state index contributed by atoms with van der Waals surface area (Å²) in [5.74, 6) is 1.52. The molecule has 130 valence electrons. The van der Waals surface area contributed by atoms with Crippen LogP contribution in [-0.4, -0.2) is 19.7 Å². The van der Waals surface area contributed by atoms with E-state index in [2.05, 4.69) is 26.4 Å². The number of benzene rings is 1. The Bertz CT molecular complexity index is 1050. The molecule has 1 N–H and O–H groups in total. The van der Waals surface area contributed by atoms with Crippen molar-refractivity contribution in [1.82, 2.24) is 19.7 Å². The van der Waals surface area contributed by atoms with Crippen LogP contribution >= 0.6 is 11.6 Å². The van der Waals surface area contributed by atoms with Crippen molar-refractivity contribution in [3.63, 3.8) is 0 Å². The van der Waals surface area contributed by atoms with E-state index in [9.17, 15) is 0 Å². The standard InChI is InChI=1S/C19H16ClN5O/c1-25-11-16(10-23-25)26-12-13-2-4-17-14(8-13)6-7-21-19(17)24-15-3-5-18(20)22-9-15/h2-11H,12H2,1H3,(H,21,24). The Labute approximate surface area is 155 Å². The van der Waals surface area contributed by atoms with Crippen molar-refractivity contribution in [3.05, 3.63) is 71.9 Å². The summed E-state index contributed by atoms with van der Waals surface area (Å²) in [6.07, 6.45) is 7.00. The van der Waals surface area contributed by atoms with Gasteiger partial charge in [-0.3, -0.25) is 4.68 Å². The number of hydrogen-bond donors (Lipinski definition) is 1. The molecule has 0 atom stereocenters. The summed E-state index contributed by atoms with van der Waals surface area (Å²) in [7, 11) is 1.86. The third kappa shape index (κ3) is 3.60. The fourth-order valence-corrected chi connectivity index (χ4v) is 2.76. The molecule has 1 aromatic carbocycles. The minimum atomic E-state index is 0.458. The quantitative estimate of drug-likeness (QED) is 0.533.